The number of pyridine rings is 2. The largest absolute Gasteiger partial charge is 0.371 e. The molecule has 3 aromatic rings. The Hall–Kier alpha value is -2.94. The van der Waals surface area contributed by atoms with Gasteiger partial charge >= 0.3 is 0 Å². The van der Waals surface area contributed by atoms with E-state index in [2.05, 4.69) is 81.9 Å². The van der Waals surface area contributed by atoms with E-state index in [0.29, 0.717) is 0 Å². The number of nitrogens with zero attached hydrogens (tertiary/aromatic N) is 3. The first-order valence-electron chi connectivity index (χ1n) is 11.4. The molecule has 3 heteroatoms. The van der Waals surface area contributed by atoms with Crippen LogP contribution in [0.3, 0.4) is 0 Å². The zero-order valence-corrected chi connectivity index (χ0v) is 17.8. The molecule has 0 amide bonds. The number of hydrogen-bond donors (Lipinski definition) is 0. The van der Waals surface area contributed by atoms with E-state index in [0.717, 1.165) is 13.1 Å². The number of rotatable bonds is 2. The van der Waals surface area contributed by atoms with E-state index in [9.17, 15) is 0 Å². The van der Waals surface area contributed by atoms with Crippen molar-refractivity contribution in [1.82, 2.24) is 0 Å². The van der Waals surface area contributed by atoms with Gasteiger partial charge in [-0.1, -0.05) is 12.2 Å². The van der Waals surface area contributed by atoms with Crippen LogP contribution in [0.15, 0.2) is 48.8 Å². The topological polar surface area (TPSA) is 11.0 Å². The summed E-state index contributed by atoms with van der Waals surface area (Å²) in [6.45, 7) is 6.72. The van der Waals surface area contributed by atoms with Crippen molar-refractivity contribution in [2.75, 3.05) is 18.0 Å². The lowest BCUT2D eigenvalue weighted by Gasteiger charge is -2.37. The molecule has 30 heavy (non-hydrogen) atoms. The van der Waals surface area contributed by atoms with E-state index in [1.807, 2.05) is 0 Å². The number of aromatic nitrogens is 2. The Balaban J connectivity index is 1.35. The highest BCUT2D eigenvalue weighted by Crippen LogP contribution is 2.36. The van der Waals surface area contributed by atoms with Gasteiger partial charge in [-0.2, -0.15) is 9.13 Å². The van der Waals surface area contributed by atoms with Crippen molar-refractivity contribution in [1.29, 1.82) is 0 Å². The van der Waals surface area contributed by atoms with E-state index in [1.54, 1.807) is 16.8 Å². The third-order valence-electron chi connectivity index (χ3n) is 6.92. The molecule has 0 fully saturated rings. The third kappa shape index (κ3) is 3.04. The molecule has 3 aliphatic heterocycles. The maximum absolute atomic E-state index is 2.61. The standard InChI is InChI=1S/C27H29N3/c1-20-8-12-28-14-15-29-13-9-21(19-26(29)25(28)16-20)6-7-22-17-23-4-2-10-30-11-3-5-24(18-22)27(23)30/h6-9,12-13,16-19H,2-5,10-11,14-15H2,1H3/q+2. The van der Waals surface area contributed by atoms with Crippen LogP contribution >= 0.6 is 0 Å². The third-order valence-corrected chi connectivity index (χ3v) is 6.92. The Morgan fingerprint density at radius 3 is 2.13 bits per heavy atom. The minimum absolute atomic E-state index is 1.03. The van der Waals surface area contributed by atoms with Crippen molar-refractivity contribution in [2.45, 2.75) is 45.7 Å². The lowest BCUT2D eigenvalue weighted by molar-refractivity contribution is -0.794. The fourth-order valence-electron chi connectivity index (χ4n) is 5.45. The molecule has 0 spiro atoms. The summed E-state index contributed by atoms with van der Waals surface area (Å²) in [5, 5.41) is 0. The molecule has 0 N–H and O–H groups in total. The monoisotopic (exact) mass is 395 g/mol. The number of fused-ring (bicyclic) bond motifs is 3. The van der Waals surface area contributed by atoms with Crippen LogP contribution in [-0.4, -0.2) is 13.1 Å². The van der Waals surface area contributed by atoms with Crippen LogP contribution in [0.4, 0.5) is 5.69 Å². The zero-order valence-electron chi connectivity index (χ0n) is 17.8. The Morgan fingerprint density at radius 2 is 1.40 bits per heavy atom. The van der Waals surface area contributed by atoms with Crippen LogP contribution in [0.1, 0.15) is 40.7 Å². The highest BCUT2D eigenvalue weighted by atomic mass is 15.1. The van der Waals surface area contributed by atoms with Crippen molar-refractivity contribution in [2.24, 2.45) is 0 Å². The summed E-state index contributed by atoms with van der Waals surface area (Å²) in [7, 11) is 0. The lowest BCUT2D eigenvalue weighted by Crippen LogP contribution is -2.53. The van der Waals surface area contributed by atoms with Gasteiger partial charge in [0, 0.05) is 43.0 Å². The quantitative estimate of drug-likeness (QED) is 0.594. The molecular formula is C27H29N3+2. The summed E-state index contributed by atoms with van der Waals surface area (Å²) in [6, 6.07) is 13.9. The molecule has 0 radical (unpaired) electrons. The molecule has 3 aliphatic rings. The first-order valence-corrected chi connectivity index (χ1v) is 11.4. The minimum Gasteiger partial charge on any atom is -0.371 e. The highest BCUT2D eigenvalue weighted by Gasteiger charge is 2.29. The summed E-state index contributed by atoms with van der Waals surface area (Å²) < 4.78 is 4.75. The predicted octanol–water partition coefficient (Wildman–Crippen LogP) is 4.12. The molecular weight excluding hydrogens is 366 g/mol. The number of aryl methyl sites for hydroxylation is 5. The number of benzene rings is 1. The molecule has 0 saturated heterocycles. The smallest absolute Gasteiger partial charge is 0.278 e. The molecule has 0 bridgehead atoms. The van der Waals surface area contributed by atoms with Gasteiger partial charge in [-0.3, -0.25) is 0 Å². The fourth-order valence-corrected chi connectivity index (χ4v) is 5.45. The fraction of sp³-hybridized carbons (Fsp3) is 0.333. The Labute approximate surface area is 178 Å². The number of anilines is 1. The first-order chi connectivity index (χ1) is 14.7. The molecule has 150 valence electrons. The molecule has 6 rings (SSSR count). The maximum Gasteiger partial charge on any atom is 0.278 e. The Bertz CT molecular complexity index is 1140. The minimum atomic E-state index is 1.03. The van der Waals surface area contributed by atoms with Gasteiger partial charge in [0.2, 0.25) is 13.1 Å². The van der Waals surface area contributed by atoms with Crippen LogP contribution in [0.5, 0.6) is 0 Å². The molecule has 0 saturated carbocycles. The summed E-state index contributed by atoms with van der Waals surface area (Å²) >= 11 is 0. The molecule has 0 aliphatic carbocycles. The van der Waals surface area contributed by atoms with Crippen LogP contribution < -0.4 is 14.0 Å². The van der Waals surface area contributed by atoms with Gasteiger partial charge in [0.1, 0.15) is 0 Å². The summed E-state index contributed by atoms with van der Waals surface area (Å²) in [4.78, 5) is 2.61. The van der Waals surface area contributed by atoms with Crippen LogP contribution in [0.25, 0.3) is 23.5 Å². The van der Waals surface area contributed by atoms with E-state index < -0.39 is 0 Å². The average molecular weight is 396 g/mol. The average Bonchev–Trinajstić information content (AvgIpc) is 2.78. The van der Waals surface area contributed by atoms with E-state index in [-0.39, 0.29) is 0 Å². The van der Waals surface area contributed by atoms with Gasteiger partial charge in [-0.15, -0.1) is 0 Å². The normalized spacial score (nSPS) is 16.9. The van der Waals surface area contributed by atoms with Gasteiger partial charge in [0.15, 0.2) is 12.4 Å². The van der Waals surface area contributed by atoms with E-state index in [1.165, 1.54) is 66.9 Å². The highest BCUT2D eigenvalue weighted by molar-refractivity contribution is 5.74. The first kappa shape index (κ1) is 17.9. The van der Waals surface area contributed by atoms with Crippen molar-refractivity contribution in [3.8, 4) is 11.4 Å². The predicted molar refractivity (Wildman–Crippen MR) is 121 cm³/mol. The Morgan fingerprint density at radius 1 is 0.767 bits per heavy atom. The van der Waals surface area contributed by atoms with Crippen LogP contribution in [0.2, 0.25) is 0 Å². The molecule has 0 atom stereocenters. The van der Waals surface area contributed by atoms with E-state index >= 15 is 0 Å². The molecule has 2 aromatic heterocycles. The van der Waals surface area contributed by atoms with Gasteiger partial charge in [-0.25, -0.2) is 0 Å². The Kier molecular flexibility index (Phi) is 4.22. The van der Waals surface area contributed by atoms with Crippen molar-refractivity contribution < 1.29 is 9.13 Å². The zero-order chi connectivity index (χ0) is 20.1. The molecule has 5 heterocycles. The van der Waals surface area contributed by atoms with Gasteiger partial charge in [0.25, 0.3) is 11.4 Å². The summed E-state index contributed by atoms with van der Waals surface area (Å²) in [6.07, 6.45) is 14.1. The second-order valence-corrected chi connectivity index (χ2v) is 9.04. The van der Waals surface area contributed by atoms with Crippen LogP contribution in [0, 0.1) is 6.92 Å². The lowest BCUT2D eigenvalue weighted by atomic mass is 9.90. The maximum atomic E-state index is 2.61. The van der Waals surface area contributed by atoms with Gasteiger partial charge < -0.3 is 4.90 Å². The van der Waals surface area contributed by atoms with Crippen LogP contribution in [-0.2, 0) is 25.9 Å². The second-order valence-electron chi connectivity index (χ2n) is 9.04. The summed E-state index contributed by atoms with van der Waals surface area (Å²) in [5.74, 6) is 0. The second kappa shape index (κ2) is 7.09. The SMILES string of the molecule is Cc1cc[n+]2c(c1)-c1cc(/C=C/c3cc4c5c(c3)CCCN5CCC4)cc[n+]1CC2. The van der Waals surface area contributed by atoms with Gasteiger partial charge in [0.05, 0.1) is 0 Å². The molecule has 3 nitrogen and oxygen atoms in total. The summed E-state index contributed by atoms with van der Waals surface area (Å²) in [5.41, 5.74) is 11.2. The van der Waals surface area contributed by atoms with Crippen molar-refractivity contribution in [3.05, 3.63) is 76.6 Å². The number of hydrogen-bond acceptors (Lipinski definition) is 1. The van der Waals surface area contributed by atoms with Crippen molar-refractivity contribution >= 4 is 17.8 Å². The molecule has 1 aromatic carbocycles. The van der Waals surface area contributed by atoms with Gasteiger partial charge in [-0.05, 0) is 72.6 Å². The van der Waals surface area contributed by atoms with E-state index in [4.69, 9.17) is 0 Å². The molecule has 0 unspecified atom stereocenters. The van der Waals surface area contributed by atoms with Crippen molar-refractivity contribution in [3.63, 3.8) is 0 Å².